The third kappa shape index (κ3) is 2.60. The fourth-order valence-corrected chi connectivity index (χ4v) is 1.67. The van der Waals surface area contributed by atoms with Crippen LogP contribution in [0, 0.1) is 13.8 Å². The topological polar surface area (TPSA) is 55.2 Å². The van der Waals surface area contributed by atoms with Crippen LogP contribution in [-0.2, 0) is 6.61 Å². The van der Waals surface area contributed by atoms with Gasteiger partial charge >= 0.3 is 0 Å². The summed E-state index contributed by atoms with van der Waals surface area (Å²) in [6.45, 7) is 3.56. The third-order valence-corrected chi connectivity index (χ3v) is 2.83. The summed E-state index contributed by atoms with van der Waals surface area (Å²) in [7, 11) is 0. The molecule has 1 aromatic heterocycles. The molecule has 0 amide bonds. The summed E-state index contributed by atoms with van der Waals surface area (Å²) in [5, 5.41) is 9.43. The normalized spacial score (nSPS) is 10.4. The molecule has 0 saturated heterocycles. The van der Waals surface area contributed by atoms with Gasteiger partial charge in [0.15, 0.2) is 5.15 Å². The Morgan fingerprint density at radius 2 is 1.83 bits per heavy atom. The number of para-hydroxylation sites is 1. The first-order valence-electron chi connectivity index (χ1n) is 5.49. The SMILES string of the molecule is Cc1nc(Cl)c(Oc2ccccc2CO)nc1C. The van der Waals surface area contributed by atoms with Crippen molar-refractivity contribution in [1.29, 1.82) is 0 Å². The molecular formula is C13H13ClN2O2. The molecule has 1 heterocycles. The predicted molar refractivity (Wildman–Crippen MR) is 69.0 cm³/mol. The van der Waals surface area contributed by atoms with E-state index in [1.807, 2.05) is 26.0 Å². The zero-order chi connectivity index (χ0) is 13.1. The largest absolute Gasteiger partial charge is 0.436 e. The van der Waals surface area contributed by atoms with Crippen LogP contribution < -0.4 is 4.74 Å². The maximum atomic E-state index is 9.22. The van der Waals surface area contributed by atoms with E-state index in [2.05, 4.69) is 9.97 Å². The Morgan fingerprint density at radius 1 is 1.17 bits per heavy atom. The van der Waals surface area contributed by atoms with Crippen LogP contribution in [-0.4, -0.2) is 15.1 Å². The highest BCUT2D eigenvalue weighted by Gasteiger charge is 2.11. The molecule has 2 rings (SSSR count). The molecule has 4 nitrogen and oxygen atoms in total. The zero-order valence-electron chi connectivity index (χ0n) is 10.1. The molecule has 0 aliphatic heterocycles. The quantitative estimate of drug-likeness (QED) is 0.926. The van der Waals surface area contributed by atoms with Gasteiger partial charge in [0.25, 0.3) is 5.88 Å². The van der Waals surface area contributed by atoms with Gasteiger partial charge in [0, 0.05) is 5.56 Å². The van der Waals surface area contributed by atoms with Gasteiger partial charge in [-0.3, -0.25) is 0 Å². The average molecular weight is 265 g/mol. The van der Waals surface area contributed by atoms with Crippen molar-refractivity contribution in [3.8, 4) is 11.6 Å². The molecule has 2 aromatic rings. The Morgan fingerprint density at radius 3 is 2.56 bits per heavy atom. The van der Waals surface area contributed by atoms with Crippen LogP contribution in [0.15, 0.2) is 24.3 Å². The highest BCUT2D eigenvalue weighted by molar-refractivity contribution is 6.30. The lowest BCUT2D eigenvalue weighted by Crippen LogP contribution is -1.99. The molecule has 18 heavy (non-hydrogen) atoms. The van der Waals surface area contributed by atoms with Gasteiger partial charge in [0.05, 0.1) is 18.0 Å². The molecule has 94 valence electrons. The fraction of sp³-hybridized carbons (Fsp3) is 0.231. The first-order valence-corrected chi connectivity index (χ1v) is 5.87. The minimum atomic E-state index is -0.105. The number of aliphatic hydroxyl groups is 1. The number of aromatic nitrogens is 2. The molecule has 0 radical (unpaired) electrons. The van der Waals surface area contributed by atoms with E-state index in [-0.39, 0.29) is 17.6 Å². The number of hydrogen-bond acceptors (Lipinski definition) is 4. The van der Waals surface area contributed by atoms with Crippen molar-refractivity contribution < 1.29 is 9.84 Å². The molecule has 0 atom stereocenters. The molecular weight excluding hydrogens is 252 g/mol. The molecule has 5 heteroatoms. The van der Waals surface area contributed by atoms with Crippen LogP contribution in [0.1, 0.15) is 17.0 Å². The van der Waals surface area contributed by atoms with E-state index in [0.717, 1.165) is 11.4 Å². The van der Waals surface area contributed by atoms with E-state index >= 15 is 0 Å². The third-order valence-electron chi connectivity index (χ3n) is 2.58. The molecule has 0 fully saturated rings. The monoisotopic (exact) mass is 264 g/mol. The van der Waals surface area contributed by atoms with Gasteiger partial charge in [-0.15, -0.1) is 0 Å². The Bertz CT molecular complexity index is 573. The lowest BCUT2D eigenvalue weighted by atomic mass is 10.2. The van der Waals surface area contributed by atoms with Crippen molar-refractivity contribution in [2.24, 2.45) is 0 Å². The average Bonchev–Trinajstić information content (AvgIpc) is 2.36. The molecule has 0 saturated carbocycles. The van der Waals surface area contributed by atoms with Crippen molar-refractivity contribution in [2.45, 2.75) is 20.5 Å². The van der Waals surface area contributed by atoms with Crippen LogP contribution in [0.4, 0.5) is 0 Å². The summed E-state index contributed by atoms with van der Waals surface area (Å²) in [4.78, 5) is 8.38. The standard InChI is InChI=1S/C13H13ClN2O2/c1-8-9(2)16-13(12(14)15-8)18-11-6-4-3-5-10(11)7-17/h3-6,17H,7H2,1-2H3. The zero-order valence-corrected chi connectivity index (χ0v) is 10.9. The lowest BCUT2D eigenvalue weighted by molar-refractivity contribution is 0.276. The smallest absolute Gasteiger partial charge is 0.257 e. The number of aliphatic hydroxyl groups excluding tert-OH is 1. The fourth-order valence-electron chi connectivity index (χ4n) is 1.46. The van der Waals surface area contributed by atoms with Gasteiger partial charge in [0.2, 0.25) is 0 Å². The minimum Gasteiger partial charge on any atom is -0.436 e. The number of rotatable bonds is 3. The highest BCUT2D eigenvalue weighted by atomic mass is 35.5. The first kappa shape index (κ1) is 12.8. The number of aryl methyl sites for hydroxylation is 2. The maximum Gasteiger partial charge on any atom is 0.257 e. The minimum absolute atomic E-state index is 0.105. The van der Waals surface area contributed by atoms with Gasteiger partial charge in [-0.2, -0.15) is 0 Å². The summed E-state index contributed by atoms with van der Waals surface area (Å²) in [6, 6.07) is 7.17. The van der Waals surface area contributed by atoms with E-state index in [0.29, 0.717) is 11.3 Å². The number of nitrogens with zero attached hydrogens (tertiary/aromatic N) is 2. The van der Waals surface area contributed by atoms with E-state index < -0.39 is 0 Å². The Balaban J connectivity index is 2.37. The molecule has 0 unspecified atom stereocenters. The maximum absolute atomic E-state index is 9.22. The van der Waals surface area contributed by atoms with Crippen LogP contribution in [0.5, 0.6) is 11.6 Å². The number of benzene rings is 1. The Kier molecular flexibility index (Phi) is 3.79. The first-order chi connectivity index (χ1) is 8.61. The molecule has 0 bridgehead atoms. The van der Waals surface area contributed by atoms with Crippen molar-refractivity contribution in [3.63, 3.8) is 0 Å². The summed E-state index contributed by atoms with van der Waals surface area (Å²) >= 11 is 5.99. The van der Waals surface area contributed by atoms with Gasteiger partial charge in [-0.1, -0.05) is 29.8 Å². The number of hydrogen-bond donors (Lipinski definition) is 1. The van der Waals surface area contributed by atoms with Crippen LogP contribution in [0.25, 0.3) is 0 Å². The van der Waals surface area contributed by atoms with E-state index in [1.165, 1.54) is 0 Å². The second-order valence-corrected chi connectivity index (χ2v) is 4.22. The number of halogens is 1. The van der Waals surface area contributed by atoms with E-state index in [1.54, 1.807) is 12.1 Å². The molecule has 1 aromatic carbocycles. The molecule has 1 N–H and O–H groups in total. The van der Waals surface area contributed by atoms with Crippen molar-refractivity contribution >= 4 is 11.6 Å². The Hall–Kier alpha value is -1.65. The van der Waals surface area contributed by atoms with E-state index in [4.69, 9.17) is 16.3 Å². The van der Waals surface area contributed by atoms with Gasteiger partial charge in [0.1, 0.15) is 5.75 Å². The summed E-state index contributed by atoms with van der Waals surface area (Å²) < 4.78 is 5.60. The van der Waals surface area contributed by atoms with Gasteiger partial charge in [-0.25, -0.2) is 9.97 Å². The number of ether oxygens (including phenoxy) is 1. The van der Waals surface area contributed by atoms with E-state index in [9.17, 15) is 5.11 Å². The molecule has 0 spiro atoms. The highest BCUT2D eigenvalue weighted by Crippen LogP contribution is 2.28. The van der Waals surface area contributed by atoms with Crippen molar-refractivity contribution in [1.82, 2.24) is 9.97 Å². The molecule has 0 aliphatic rings. The summed E-state index contributed by atoms with van der Waals surface area (Å²) in [5.41, 5.74) is 2.20. The van der Waals surface area contributed by atoms with Crippen LogP contribution in [0.3, 0.4) is 0 Å². The van der Waals surface area contributed by atoms with Gasteiger partial charge in [-0.05, 0) is 19.9 Å². The van der Waals surface area contributed by atoms with Crippen molar-refractivity contribution in [2.75, 3.05) is 0 Å². The summed E-state index contributed by atoms with van der Waals surface area (Å²) in [6.07, 6.45) is 0. The van der Waals surface area contributed by atoms with Crippen LogP contribution >= 0.6 is 11.6 Å². The second-order valence-electron chi connectivity index (χ2n) is 3.86. The Labute approximate surface area is 110 Å². The lowest BCUT2D eigenvalue weighted by Gasteiger charge is -2.10. The predicted octanol–water partition coefficient (Wildman–Crippen LogP) is 3.03. The molecule has 0 aliphatic carbocycles. The van der Waals surface area contributed by atoms with Crippen LogP contribution in [0.2, 0.25) is 5.15 Å². The summed E-state index contributed by atoms with van der Waals surface area (Å²) in [5.74, 6) is 0.778. The van der Waals surface area contributed by atoms with Gasteiger partial charge < -0.3 is 9.84 Å². The van der Waals surface area contributed by atoms with Crippen molar-refractivity contribution in [3.05, 3.63) is 46.4 Å². The second kappa shape index (κ2) is 5.33.